The van der Waals surface area contributed by atoms with Crippen molar-refractivity contribution in [2.75, 3.05) is 39.5 Å². The Hall–Kier alpha value is -0.922. The molecule has 2 fully saturated rings. The molecule has 2 aliphatic heterocycles. The van der Waals surface area contributed by atoms with Gasteiger partial charge in [-0.15, -0.1) is 0 Å². The van der Waals surface area contributed by atoms with E-state index in [1.165, 1.54) is 0 Å². The summed E-state index contributed by atoms with van der Waals surface area (Å²) in [7, 11) is -8.67. The van der Waals surface area contributed by atoms with Gasteiger partial charge in [-0.3, -0.25) is 4.90 Å². The molecule has 6 atom stereocenters. The Bertz CT molecular complexity index is 1420. The second-order valence-electron chi connectivity index (χ2n) is 17.6. The first-order valence-corrected chi connectivity index (χ1v) is 32.4. The maximum Gasteiger partial charge on any atom is 0.221 e. The third-order valence-electron chi connectivity index (χ3n) is 8.47. The molecule has 4 unspecified atom stereocenters. The van der Waals surface area contributed by atoms with Gasteiger partial charge in [0.2, 0.25) is 5.79 Å². The lowest BCUT2D eigenvalue weighted by Gasteiger charge is -2.54. The Kier molecular flexibility index (Phi) is 14.1. The van der Waals surface area contributed by atoms with Gasteiger partial charge in [0.25, 0.3) is 0 Å². The van der Waals surface area contributed by atoms with E-state index in [1.54, 1.807) is 0 Å². The lowest BCUT2D eigenvalue weighted by Crippen LogP contribution is -2.69. The summed E-state index contributed by atoms with van der Waals surface area (Å²) in [5, 5.41) is 13.8. The third kappa shape index (κ3) is 12.0. The van der Waals surface area contributed by atoms with Crippen LogP contribution in [0.4, 0.5) is 0 Å². The number of ether oxygens (including phenoxy) is 3. The number of hydrogen-bond acceptors (Lipinski definition) is 9. The summed E-state index contributed by atoms with van der Waals surface area (Å²) in [5.74, 6) is -1.08. The summed E-state index contributed by atoms with van der Waals surface area (Å²) >= 11 is 7.13. The lowest BCUT2D eigenvalue weighted by atomic mass is 9.86. The van der Waals surface area contributed by atoms with Crippen LogP contribution in [0.15, 0.2) is 42.5 Å². The van der Waals surface area contributed by atoms with E-state index < -0.39 is 63.5 Å². The fourth-order valence-electron chi connectivity index (χ4n) is 6.59. The summed E-state index contributed by atoms with van der Waals surface area (Å²) in [4.78, 5) is 2.38. The van der Waals surface area contributed by atoms with Crippen molar-refractivity contribution >= 4 is 44.9 Å². The van der Waals surface area contributed by atoms with Gasteiger partial charge >= 0.3 is 0 Å². The predicted octanol–water partition coefficient (Wildman–Crippen LogP) is 8.22. The van der Waals surface area contributed by atoms with Gasteiger partial charge in [-0.25, -0.2) is 0 Å². The molecule has 2 aliphatic rings. The SMILES string of the molecule is CCOc1ccc(C(c2cc([C@]3(O)O[C@H](CO[Si](C)(C)C)C(O[Si](C)(C)C)C(O[Si](C)(C)C)C3O[Si](C)(C)C)ccc2Cl)N2CCOCC2)cc1. The summed E-state index contributed by atoms with van der Waals surface area (Å²) in [6.07, 6.45) is -2.60. The van der Waals surface area contributed by atoms with Crippen LogP contribution in [0.25, 0.3) is 0 Å². The summed E-state index contributed by atoms with van der Waals surface area (Å²) in [5.41, 5.74) is 2.49. The van der Waals surface area contributed by atoms with Crippen LogP contribution in [-0.4, -0.2) is 107 Å². The zero-order valence-corrected chi connectivity index (χ0v) is 38.1. The Labute approximate surface area is 316 Å². The van der Waals surface area contributed by atoms with Crippen LogP contribution in [0.2, 0.25) is 83.6 Å². The topological polar surface area (TPSA) is 88.1 Å². The Morgan fingerprint density at radius 1 is 0.804 bits per heavy atom. The number of halogens is 1. The first kappa shape index (κ1) is 42.8. The van der Waals surface area contributed by atoms with Gasteiger partial charge in [-0.1, -0.05) is 29.8 Å². The molecule has 9 nitrogen and oxygen atoms in total. The van der Waals surface area contributed by atoms with Gasteiger partial charge in [0.1, 0.15) is 30.2 Å². The largest absolute Gasteiger partial charge is 0.494 e. The molecule has 0 radical (unpaired) electrons. The monoisotopic (exact) mass is 797 g/mol. The van der Waals surface area contributed by atoms with E-state index >= 15 is 0 Å². The molecule has 0 saturated carbocycles. The molecule has 14 heteroatoms. The molecule has 288 valence electrons. The average molecular weight is 799 g/mol. The van der Waals surface area contributed by atoms with Crippen LogP contribution in [0.3, 0.4) is 0 Å². The van der Waals surface area contributed by atoms with Crippen molar-refractivity contribution in [3.63, 3.8) is 0 Å². The van der Waals surface area contributed by atoms with Gasteiger partial charge in [-0.2, -0.15) is 0 Å². The van der Waals surface area contributed by atoms with Crippen molar-refractivity contribution in [3.05, 3.63) is 64.2 Å². The number of nitrogens with zero attached hydrogens (tertiary/aromatic N) is 1. The zero-order chi connectivity index (χ0) is 38.0. The standard InChI is InChI=1S/C37H64ClNO8Si4/c1-14-42-29-18-15-27(16-19-29)33(39-21-23-41-24-22-39)30-25-28(17-20-31(30)38)37(40)36(47-51(11,12)13)35(46-50(8,9)10)34(45-49(5,6)7)32(44-37)26-43-48(2,3)4/h15-20,25,32-36,40H,14,21-24,26H2,1-13H3/t32-,33?,34?,35?,36?,37+/m1/s1. The highest BCUT2D eigenvalue weighted by atomic mass is 35.5. The van der Waals surface area contributed by atoms with Crippen LogP contribution < -0.4 is 4.74 Å². The van der Waals surface area contributed by atoms with E-state index in [2.05, 4.69) is 95.6 Å². The molecular weight excluding hydrogens is 734 g/mol. The maximum atomic E-state index is 13.3. The summed E-state index contributed by atoms with van der Waals surface area (Å²) in [6.45, 7) is 31.4. The second-order valence-corrected chi connectivity index (χ2v) is 35.9. The molecule has 0 spiro atoms. The fraction of sp³-hybridized carbons (Fsp3) is 0.676. The molecule has 2 heterocycles. The molecule has 51 heavy (non-hydrogen) atoms. The zero-order valence-electron chi connectivity index (χ0n) is 33.3. The molecule has 4 rings (SSSR count). The number of hydrogen-bond donors (Lipinski definition) is 1. The van der Waals surface area contributed by atoms with Crippen LogP contribution in [-0.2, 0) is 33.0 Å². The van der Waals surface area contributed by atoms with Gasteiger partial charge in [-0.05, 0) is 121 Å². The molecule has 0 amide bonds. The number of aliphatic hydroxyl groups is 1. The fourth-order valence-corrected chi connectivity index (χ4v) is 10.7. The molecular formula is C37H64ClNO8Si4. The van der Waals surface area contributed by atoms with Gasteiger partial charge in [0.05, 0.1) is 32.5 Å². The van der Waals surface area contributed by atoms with Gasteiger partial charge < -0.3 is 37.0 Å². The average Bonchev–Trinajstić information content (AvgIpc) is 3.00. The first-order chi connectivity index (χ1) is 23.5. The van der Waals surface area contributed by atoms with Crippen LogP contribution in [0.1, 0.15) is 29.7 Å². The minimum Gasteiger partial charge on any atom is -0.494 e. The smallest absolute Gasteiger partial charge is 0.221 e. The van der Waals surface area contributed by atoms with Crippen LogP contribution >= 0.6 is 11.6 Å². The Morgan fingerprint density at radius 3 is 1.90 bits per heavy atom. The maximum absolute atomic E-state index is 13.3. The molecule has 2 saturated heterocycles. The van der Waals surface area contributed by atoms with E-state index in [0.717, 1.165) is 30.0 Å². The molecule has 0 bridgehead atoms. The molecule has 2 aromatic carbocycles. The van der Waals surface area contributed by atoms with Crippen molar-refractivity contribution in [1.29, 1.82) is 0 Å². The minimum atomic E-state index is -2.31. The predicted molar refractivity (Wildman–Crippen MR) is 216 cm³/mol. The van der Waals surface area contributed by atoms with Crippen molar-refractivity contribution in [3.8, 4) is 5.75 Å². The quantitative estimate of drug-likeness (QED) is 0.179. The highest BCUT2D eigenvalue weighted by Crippen LogP contribution is 2.45. The van der Waals surface area contributed by atoms with Crippen molar-refractivity contribution in [2.45, 2.75) is 122 Å². The van der Waals surface area contributed by atoms with E-state index in [-0.39, 0.29) is 12.6 Å². The van der Waals surface area contributed by atoms with E-state index in [9.17, 15) is 5.11 Å². The first-order valence-electron chi connectivity index (χ1n) is 18.4. The van der Waals surface area contributed by atoms with E-state index in [0.29, 0.717) is 30.4 Å². The minimum absolute atomic E-state index is 0.205. The van der Waals surface area contributed by atoms with E-state index in [4.69, 9.17) is 43.5 Å². The van der Waals surface area contributed by atoms with Crippen molar-refractivity contribution < 1.29 is 37.0 Å². The Morgan fingerprint density at radius 2 is 1.37 bits per heavy atom. The van der Waals surface area contributed by atoms with Crippen LogP contribution in [0.5, 0.6) is 5.75 Å². The normalized spacial score (nSPS) is 26.3. The molecule has 0 aromatic heterocycles. The van der Waals surface area contributed by atoms with Crippen LogP contribution in [0, 0.1) is 0 Å². The highest BCUT2D eigenvalue weighted by Gasteiger charge is 2.59. The highest BCUT2D eigenvalue weighted by molar-refractivity contribution is 6.71. The summed E-state index contributed by atoms with van der Waals surface area (Å²) < 4.78 is 46.0. The Balaban J connectivity index is 1.93. The number of benzene rings is 2. The summed E-state index contributed by atoms with van der Waals surface area (Å²) in [6, 6.07) is 13.7. The van der Waals surface area contributed by atoms with Gasteiger partial charge in [0.15, 0.2) is 33.3 Å². The lowest BCUT2D eigenvalue weighted by molar-refractivity contribution is -0.348. The second kappa shape index (κ2) is 16.8. The third-order valence-corrected chi connectivity index (χ3v) is 12.8. The van der Waals surface area contributed by atoms with E-state index in [1.807, 2.05) is 37.3 Å². The molecule has 0 aliphatic carbocycles. The molecule has 2 aromatic rings. The molecule has 1 N–H and O–H groups in total. The van der Waals surface area contributed by atoms with Crippen molar-refractivity contribution in [1.82, 2.24) is 4.90 Å². The van der Waals surface area contributed by atoms with Crippen molar-refractivity contribution in [2.24, 2.45) is 0 Å². The number of rotatable bonds is 15. The number of morpholine rings is 1. The van der Waals surface area contributed by atoms with Gasteiger partial charge in [0, 0.05) is 23.7 Å².